The average Bonchev–Trinajstić information content (AvgIpc) is 2.59. The third kappa shape index (κ3) is 4.09. The number of pyridine rings is 1. The zero-order valence-corrected chi connectivity index (χ0v) is 13.5. The lowest BCUT2D eigenvalue weighted by Crippen LogP contribution is -2.07. The van der Waals surface area contributed by atoms with Crippen LogP contribution in [0, 0.1) is 0 Å². The molecule has 1 heterocycles. The van der Waals surface area contributed by atoms with E-state index in [-0.39, 0.29) is 28.9 Å². The maximum atomic E-state index is 13.0. The molecule has 0 spiro atoms. The minimum Gasteiger partial charge on any atom is -0.494 e. The number of esters is 1. The molecular formula is C17H15F2NO5. The maximum Gasteiger partial charge on any atom is 0.338 e. The topological polar surface area (TPSA) is 85.7 Å². The van der Waals surface area contributed by atoms with E-state index < -0.39 is 24.1 Å². The van der Waals surface area contributed by atoms with Gasteiger partial charge in [0.2, 0.25) is 0 Å². The van der Waals surface area contributed by atoms with Gasteiger partial charge in [0.15, 0.2) is 0 Å². The van der Waals surface area contributed by atoms with Crippen molar-refractivity contribution in [3.8, 4) is 16.9 Å². The zero-order valence-electron chi connectivity index (χ0n) is 13.5. The SMILES string of the molecule is COC(=O)c1ccc(CC(=O)O)cc1-c1cc(C(F)F)ncc1OC. The molecule has 1 aromatic carbocycles. The van der Waals surface area contributed by atoms with E-state index in [1.807, 2.05) is 0 Å². The van der Waals surface area contributed by atoms with E-state index in [1.54, 1.807) is 0 Å². The molecule has 0 saturated heterocycles. The van der Waals surface area contributed by atoms with Crippen LogP contribution in [0.15, 0.2) is 30.5 Å². The summed E-state index contributed by atoms with van der Waals surface area (Å²) in [5.41, 5.74) is 0.427. The van der Waals surface area contributed by atoms with Crippen LogP contribution in [-0.4, -0.2) is 36.2 Å². The van der Waals surface area contributed by atoms with Crippen molar-refractivity contribution in [1.29, 1.82) is 0 Å². The Labute approximate surface area is 142 Å². The first-order valence-corrected chi connectivity index (χ1v) is 7.12. The standard InChI is InChI=1S/C17H15F2NO5/c1-24-14-8-20-13(16(18)19)7-12(14)11-5-9(6-15(21)22)3-4-10(11)17(23)25-2/h3-5,7-8,16H,6H2,1-2H3,(H,21,22). The lowest BCUT2D eigenvalue weighted by Gasteiger charge is -2.14. The zero-order chi connectivity index (χ0) is 18.6. The summed E-state index contributed by atoms with van der Waals surface area (Å²) in [6.07, 6.45) is -1.97. The number of aliphatic carboxylic acids is 1. The smallest absolute Gasteiger partial charge is 0.338 e. The number of ether oxygens (including phenoxy) is 2. The van der Waals surface area contributed by atoms with Gasteiger partial charge in [-0.3, -0.25) is 9.78 Å². The molecule has 0 saturated carbocycles. The second kappa shape index (κ2) is 7.69. The first kappa shape index (κ1) is 18.3. The number of carbonyl (C=O) groups excluding carboxylic acids is 1. The number of carboxylic acids is 1. The molecule has 0 fully saturated rings. The number of carboxylic acid groups (broad SMARTS) is 1. The monoisotopic (exact) mass is 351 g/mol. The Morgan fingerprint density at radius 2 is 1.92 bits per heavy atom. The first-order valence-electron chi connectivity index (χ1n) is 7.12. The number of hydrogen-bond acceptors (Lipinski definition) is 5. The summed E-state index contributed by atoms with van der Waals surface area (Å²) in [6.45, 7) is 0. The summed E-state index contributed by atoms with van der Waals surface area (Å²) in [5.74, 6) is -1.58. The molecule has 6 nitrogen and oxygen atoms in total. The second-order valence-electron chi connectivity index (χ2n) is 5.05. The fourth-order valence-corrected chi connectivity index (χ4v) is 2.34. The van der Waals surface area contributed by atoms with E-state index in [0.29, 0.717) is 5.56 Å². The number of methoxy groups -OCH3 is 2. The van der Waals surface area contributed by atoms with Gasteiger partial charge in [-0.1, -0.05) is 6.07 Å². The van der Waals surface area contributed by atoms with Crippen molar-refractivity contribution in [3.05, 3.63) is 47.3 Å². The highest BCUT2D eigenvalue weighted by Crippen LogP contribution is 2.35. The largest absolute Gasteiger partial charge is 0.494 e. The van der Waals surface area contributed by atoms with E-state index in [1.165, 1.54) is 32.4 Å². The van der Waals surface area contributed by atoms with Gasteiger partial charge < -0.3 is 14.6 Å². The number of halogens is 2. The molecular weight excluding hydrogens is 336 g/mol. The molecule has 132 valence electrons. The Kier molecular flexibility index (Phi) is 5.63. The van der Waals surface area contributed by atoms with Crippen molar-refractivity contribution in [2.75, 3.05) is 14.2 Å². The van der Waals surface area contributed by atoms with Crippen molar-refractivity contribution < 1.29 is 33.0 Å². The van der Waals surface area contributed by atoms with E-state index in [9.17, 15) is 18.4 Å². The summed E-state index contributed by atoms with van der Waals surface area (Å²) >= 11 is 0. The van der Waals surface area contributed by atoms with Crippen molar-refractivity contribution in [2.45, 2.75) is 12.8 Å². The van der Waals surface area contributed by atoms with Gasteiger partial charge in [0, 0.05) is 11.1 Å². The Balaban J connectivity index is 2.71. The summed E-state index contributed by atoms with van der Waals surface area (Å²) in [6, 6.07) is 5.40. The van der Waals surface area contributed by atoms with Gasteiger partial charge in [-0.05, 0) is 23.8 Å². The van der Waals surface area contributed by atoms with Crippen molar-refractivity contribution in [3.63, 3.8) is 0 Å². The van der Waals surface area contributed by atoms with Crippen LogP contribution in [0.2, 0.25) is 0 Å². The van der Waals surface area contributed by atoms with Crippen LogP contribution in [0.5, 0.6) is 5.75 Å². The van der Waals surface area contributed by atoms with Gasteiger partial charge in [0.05, 0.1) is 32.4 Å². The number of nitrogens with zero attached hydrogens (tertiary/aromatic N) is 1. The Morgan fingerprint density at radius 1 is 1.20 bits per heavy atom. The summed E-state index contributed by atoms with van der Waals surface area (Å²) in [7, 11) is 2.52. The van der Waals surface area contributed by atoms with Gasteiger partial charge in [0.25, 0.3) is 6.43 Å². The van der Waals surface area contributed by atoms with Crippen molar-refractivity contribution in [1.82, 2.24) is 4.98 Å². The third-order valence-electron chi connectivity index (χ3n) is 3.47. The third-order valence-corrected chi connectivity index (χ3v) is 3.47. The van der Waals surface area contributed by atoms with Crippen molar-refractivity contribution >= 4 is 11.9 Å². The van der Waals surface area contributed by atoms with E-state index in [0.717, 1.165) is 12.3 Å². The van der Waals surface area contributed by atoms with E-state index in [4.69, 9.17) is 14.6 Å². The van der Waals surface area contributed by atoms with Crippen molar-refractivity contribution in [2.24, 2.45) is 0 Å². The molecule has 1 N–H and O–H groups in total. The van der Waals surface area contributed by atoms with Gasteiger partial charge in [-0.15, -0.1) is 0 Å². The predicted octanol–water partition coefficient (Wildman–Crippen LogP) is 3.11. The minimum absolute atomic E-state index is 0.0985. The lowest BCUT2D eigenvalue weighted by atomic mass is 9.95. The molecule has 8 heteroatoms. The molecule has 2 rings (SSSR count). The summed E-state index contributed by atoms with van der Waals surface area (Å²) in [4.78, 5) is 26.6. The number of benzene rings is 1. The molecule has 25 heavy (non-hydrogen) atoms. The van der Waals surface area contributed by atoms with Crippen LogP contribution < -0.4 is 4.74 Å². The lowest BCUT2D eigenvalue weighted by molar-refractivity contribution is -0.136. The number of hydrogen-bond donors (Lipinski definition) is 1. The van der Waals surface area contributed by atoms with Gasteiger partial charge in [-0.25, -0.2) is 13.6 Å². The number of carbonyl (C=O) groups is 2. The Bertz CT molecular complexity index is 808. The molecule has 0 amide bonds. The molecule has 0 atom stereocenters. The van der Waals surface area contributed by atoms with Gasteiger partial charge >= 0.3 is 11.9 Å². The Morgan fingerprint density at radius 3 is 2.48 bits per heavy atom. The van der Waals surface area contributed by atoms with E-state index >= 15 is 0 Å². The quantitative estimate of drug-likeness (QED) is 0.805. The van der Waals surface area contributed by atoms with Crippen LogP contribution in [-0.2, 0) is 16.0 Å². The second-order valence-corrected chi connectivity index (χ2v) is 5.05. The molecule has 0 radical (unpaired) electrons. The normalized spacial score (nSPS) is 10.6. The minimum atomic E-state index is -2.81. The molecule has 0 bridgehead atoms. The van der Waals surface area contributed by atoms with Crippen LogP contribution in [0.3, 0.4) is 0 Å². The molecule has 0 aliphatic carbocycles. The maximum absolute atomic E-state index is 13.0. The molecule has 1 aromatic heterocycles. The Hall–Kier alpha value is -3.03. The highest BCUT2D eigenvalue weighted by Gasteiger charge is 2.20. The van der Waals surface area contributed by atoms with E-state index in [2.05, 4.69) is 4.98 Å². The number of aromatic nitrogens is 1. The number of rotatable bonds is 6. The first-order chi connectivity index (χ1) is 11.9. The predicted molar refractivity (Wildman–Crippen MR) is 83.9 cm³/mol. The van der Waals surface area contributed by atoms with Crippen LogP contribution in [0.25, 0.3) is 11.1 Å². The average molecular weight is 351 g/mol. The van der Waals surface area contributed by atoms with Gasteiger partial charge in [-0.2, -0.15) is 0 Å². The van der Waals surface area contributed by atoms with Crippen LogP contribution >= 0.6 is 0 Å². The number of alkyl halides is 2. The van der Waals surface area contributed by atoms with Gasteiger partial charge in [0.1, 0.15) is 11.4 Å². The van der Waals surface area contributed by atoms with Crippen LogP contribution in [0.1, 0.15) is 28.0 Å². The highest BCUT2D eigenvalue weighted by atomic mass is 19.3. The highest BCUT2D eigenvalue weighted by molar-refractivity contribution is 5.98. The molecule has 0 aliphatic heterocycles. The molecule has 0 aliphatic rings. The summed E-state index contributed by atoms with van der Waals surface area (Å²) in [5, 5.41) is 8.95. The van der Waals surface area contributed by atoms with Crippen LogP contribution in [0.4, 0.5) is 8.78 Å². The summed E-state index contributed by atoms with van der Waals surface area (Å²) < 4.78 is 35.9. The molecule has 0 unspecified atom stereocenters. The molecule has 2 aromatic rings. The fraction of sp³-hybridized carbons (Fsp3) is 0.235. The fourth-order valence-electron chi connectivity index (χ4n) is 2.34.